The van der Waals surface area contributed by atoms with Crippen LogP contribution < -0.4 is 5.32 Å². The van der Waals surface area contributed by atoms with Crippen molar-refractivity contribution < 1.29 is 14.0 Å². The molecule has 2 amide bonds. The van der Waals surface area contributed by atoms with Crippen LogP contribution in [0, 0.1) is 5.95 Å². The molecule has 1 saturated heterocycles. The van der Waals surface area contributed by atoms with Crippen molar-refractivity contribution in [2.75, 3.05) is 0 Å². The molecule has 1 unspecified atom stereocenters. The van der Waals surface area contributed by atoms with Gasteiger partial charge in [0.1, 0.15) is 0 Å². The molecule has 90 valence electrons. The zero-order valence-electron chi connectivity index (χ0n) is 8.87. The lowest BCUT2D eigenvalue weighted by molar-refractivity contribution is -0.134. The average Bonchev–Trinajstić information content (AvgIpc) is 2.30. The van der Waals surface area contributed by atoms with Gasteiger partial charge in [0.2, 0.25) is 17.8 Å². The second kappa shape index (κ2) is 4.91. The molecular weight excluding hydrogens is 291 g/mol. The van der Waals surface area contributed by atoms with E-state index < -0.39 is 17.8 Å². The molecule has 2 rings (SSSR count). The van der Waals surface area contributed by atoms with Gasteiger partial charge in [-0.2, -0.15) is 4.39 Å². The van der Waals surface area contributed by atoms with Crippen LogP contribution in [0.4, 0.5) is 4.39 Å². The third-order valence-corrected chi connectivity index (χ3v) is 3.37. The van der Waals surface area contributed by atoms with Gasteiger partial charge >= 0.3 is 0 Å². The van der Waals surface area contributed by atoms with Crippen LogP contribution in [0.5, 0.6) is 0 Å². The van der Waals surface area contributed by atoms with Crippen molar-refractivity contribution in [1.29, 1.82) is 0 Å². The SMILES string of the molecule is O=C1CCC(c2c(CBr)ccnc2F)C(=O)N1. The molecule has 4 nitrogen and oxygen atoms in total. The van der Waals surface area contributed by atoms with E-state index in [1.807, 2.05) is 0 Å². The van der Waals surface area contributed by atoms with E-state index in [1.165, 1.54) is 6.20 Å². The monoisotopic (exact) mass is 300 g/mol. The number of imide groups is 1. The van der Waals surface area contributed by atoms with Crippen LogP contribution in [0.1, 0.15) is 29.9 Å². The fourth-order valence-electron chi connectivity index (χ4n) is 1.94. The highest BCUT2D eigenvalue weighted by Crippen LogP contribution is 2.29. The van der Waals surface area contributed by atoms with Gasteiger partial charge < -0.3 is 0 Å². The maximum Gasteiger partial charge on any atom is 0.234 e. The van der Waals surface area contributed by atoms with E-state index in [-0.39, 0.29) is 17.9 Å². The summed E-state index contributed by atoms with van der Waals surface area (Å²) in [7, 11) is 0. The Kier molecular flexibility index (Phi) is 3.51. The van der Waals surface area contributed by atoms with Crippen molar-refractivity contribution >= 4 is 27.7 Å². The van der Waals surface area contributed by atoms with E-state index in [0.717, 1.165) is 0 Å². The predicted octanol–water partition coefficient (Wildman–Crippen LogP) is 1.64. The number of halogens is 2. The van der Waals surface area contributed by atoms with Gasteiger partial charge in [0, 0.05) is 23.5 Å². The fraction of sp³-hybridized carbons (Fsp3) is 0.364. The van der Waals surface area contributed by atoms with E-state index in [0.29, 0.717) is 17.3 Å². The molecule has 2 heterocycles. The number of alkyl halides is 1. The number of hydrogen-bond donors (Lipinski definition) is 1. The summed E-state index contributed by atoms with van der Waals surface area (Å²) in [5.74, 6) is -2.03. The Hall–Kier alpha value is -1.30. The van der Waals surface area contributed by atoms with Crippen LogP contribution in [0.15, 0.2) is 12.3 Å². The number of carbonyl (C=O) groups is 2. The van der Waals surface area contributed by atoms with Crippen molar-refractivity contribution in [2.24, 2.45) is 0 Å². The van der Waals surface area contributed by atoms with E-state index >= 15 is 0 Å². The molecule has 6 heteroatoms. The van der Waals surface area contributed by atoms with Crippen molar-refractivity contribution in [3.63, 3.8) is 0 Å². The minimum atomic E-state index is -0.642. The largest absolute Gasteiger partial charge is 0.296 e. The van der Waals surface area contributed by atoms with Gasteiger partial charge in [0.25, 0.3) is 0 Å². The molecule has 0 bridgehead atoms. The topological polar surface area (TPSA) is 59.1 Å². The molecule has 0 saturated carbocycles. The number of carbonyl (C=O) groups excluding carboxylic acids is 2. The highest BCUT2D eigenvalue weighted by atomic mass is 79.9. The molecule has 1 atom stereocenters. The van der Waals surface area contributed by atoms with Crippen LogP contribution in [-0.2, 0) is 14.9 Å². The standard InChI is InChI=1S/C11H10BrFN2O2/c12-5-6-3-4-14-10(13)9(6)7-1-2-8(16)15-11(7)17/h3-4,7H,1-2,5H2,(H,15,16,17). The number of piperidine rings is 1. The number of rotatable bonds is 2. The zero-order valence-corrected chi connectivity index (χ0v) is 10.5. The van der Waals surface area contributed by atoms with Gasteiger partial charge in [-0.15, -0.1) is 0 Å². The van der Waals surface area contributed by atoms with Gasteiger partial charge in [-0.1, -0.05) is 15.9 Å². The van der Waals surface area contributed by atoms with Crippen LogP contribution in [0.2, 0.25) is 0 Å². The summed E-state index contributed by atoms with van der Waals surface area (Å²) in [6, 6.07) is 1.66. The van der Waals surface area contributed by atoms with Crippen LogP contribution >= 0.6 is 15.9 Å². The quantitative estimate of drug-likeness (QED) is 0.513. The summed E-state index contributed by atoms with van der Waals surface area (Å²) in [4.78, 5) is 26.3. The zero-order chi connectivity index (χ0) is 12.4. The lowest BCUT2D eigenvalue weighted by Gasteiger charge is -2.22. The molecule has 0 aromatic carbocycles. The van der Waals surface area contributed by atoms with Gasteiger partial charge in [0.15, 0.2) is 0 Å². The molecular formula is C11H10BrFN2O2. The second-order valence-corrected chi connectivity index (χ2v) is 4.37. The maximum atomic E-state index is 13.7. The fourth-order valence-corrected chi connectivity index (χ4v) is 2.43. The first-order valence-corrected chi connectivity index (χ1v) is 6.28. The Bertz CT molecular complexity index is 479. The summed E-state index contributed by atoms with van der Waals surface area (Å²) in [6.07, 6.45) is 1.92. The molecule has 1 aromatic rings. The molecule has 0 aliphatic carbocycles. The third kappa shape index (κ3) is 2.36. The number of nitrogens with one attached hydrogen (secondary N) is 1. The number of hydrogen-bond acceptors (Lipinski definition) is 3. The summed E-state index contributed by atoms with van der Waals surface area (Å²) >= 11 is 3.25. The third-order valence-electron chi connectivity index (χ3n) is 2.76. The molecule has 1 aliphatic rings. The van der Waals surface area contributed by atoms with E-state index in [1.54, 1.807) is 6.07 Å². The van der Waals surface area contributed by atoms with Gasteiger partial charge in [-0.3, -0.25) is 14.9 Å². The van der Waals surface area contributed by atoms with Crippen molar-refractivity contribution in [3.8, 4) is 0 Å². The van der Waals surface area contributed by atoms with Crippen LogP contribution in [0.3, 0.4) is 0 Å². The first-order valence-electron chi connectivity index (χ1n) is 5.16. The van der Waals surface area contributed by atoms with E-state index in [9.17, 15) is 14.0 Å². The lowest BCUT2D eigenvalue weighted by atomic mass is 9.89. The number of aromatic nitrogens is 1. The summed E-state index contributed by atoms with van der Waals surface area (Å²) in [5.41, 5.74) is 0.973. The molecule has 0 radical (unpaired) electrons. The Morgan fingerprint density at radius 3 is 2.94 bits per heavy atom. The first-order chi connectivity index (χ1) is 8.13. The molecule has 0 spiro atoms. The summed E-state index contributed by atoms with van der Waals surface area (Å²) in [5, 5.41) is 2.66. The Morgan fingerprint density at radius 1 is 1.53 bits per heavy atom. The number of nitrogens with zero attached hydrogens (tertiary/aromatic N) is 1. The highest BCUT2D eigenvalue weighted by Gasteiger charge is 2.31. The smallest absolute Gasteiger partial charge is 0.234 e. The van der Waals surface area contributed by atoms with Gasteiger partial charge in [0.05, 0.1) is 5.92 Å². The van der Waals surface area contributed by atoms with Crippen LogP contribution in [0.25, 0.3) is 0 Å². The normalized spacial score (nSPS) is 20.2. The van der Waals surface area contributed by atoms with E-state index in [4.69, 9.17) is 0 Å². The minimum Gasteiger partial charge on any atom is -0.296 e. The summed E-state index contributed by atoms with van der Waals surface area (Å²) < 4.78 is 13.7. The molecule has 1 aliphatic heterocycles. The Labute approximate surface area is 106 Å². The van der Waals surface area contributed by atoms with Gasteiger partial charge in [-0.25, -0.2) is 4.98 Å². The predicted molar refractivity (Wildman–Crippen MR) is 62.0 cm³/mol. The van der Waals surface area contributed by atoms with Crippen molar-refractivity contribution in [2.45, 2.75) is 24.1 Å². The molecule has 1 N–H and O–H groups in total. The second-order valence-electron chi connectivity index (χ2n) is 3.81. The van der Waals surface area contributed by atoms with Crippen molar-refractivity contribution in [3.05, 3.63) is 29.3 Å². The first kappa shape index (κ1) is 12.2. The molecule has 1 aromatic heterocycles. The maximum absolute atomic E-state index is 13.7. The highest BCUT2D eigenvalue weighted by molar-refractivity contribution is 9.08. The average molecular weight is 301 g/mol. The van der Waals surface area contributed by atoms with Crippen LogP contribution in [-0.4, -0.2) is 16.8 Å². The Morgan fingerprint density at radius 2 is 2.29 bits per heavy atom. The number of amides is 2. The number of pyridine rings is 1. The van der Waals surface area contributed by atoms with Crippen molar-refractivity contribution in [1.82, 2.24) is 10.3 Å². The molecule has 1 fully saturated rings. The summed E-state index contributed by atoms with van der Waals surface area (Å²) in [6.45, 7) is 0. The molecule has 17 heavy (non-hydrogen) atoms. The Balaban J connectivity index is 2.39. The van der Waals surface area contributed by atoms with E-state index in [2.05, 4.69) is 26.2 Å². The minimum absolute atomic E-state index is 0.229. The lowest BCUT2D eigenvalue weighted by Crippen LogP contribution is -2.40. The van der Waals surface area contributed by atoms with Gasteiger partial charge in [-0.05, 0) is 18.1 Å².